The van der Waals surface area contributed by atoms with Crippen LogP contribution in [0.3, 0.4) is 0 Å². The fraction of sp³-hybridized carbons (Fsp3) is 0.478. The summed E-state index contributed by atoms with van der Waals surface area (Å²) in [6.45, 7) is 4.46. The lowest BCUT2D eigenvalue weighted by Gasteiger charge is -2.35. The molecule has 0 saturated carbocycles. The summed E-state index contributed by atoms with van der Waals surface area (Å²) in [5.74, 6) is 2.76. The first-order chi connectivity index (χ1) is 15.7. The highest BCUT2D eigenvalue weighted by molar-refractivity contribution is 14.0. The third-order valence-corrected chi connectivity index (χ3v) is 5.43. The van der Waals surface area contributed by atoms with Crippen LogP contribution in [0.5, 0.6) is 17.4 Å². The van der Waals surface area contributed by atoms with E-state index >= 15 is 0 Å². The van der Waals surface area contributed by atoms with E-state index in [9.17, 15) is 0 Å². The van der Waals surface area contributed by atoms with Crippen LogP contribution in [0.1, 0.15) is 17.2 Å². The Morgan fingerprint density at radius 1 is 1.06 bits per heavy atom. The van der Waals surface area contributed by atoms with Gasteiger partial charge in [-0.1, -0.05) is 12.1 Å². The molecule has 0 bridgehead atoms. The summed E-state index contributed by atoms with van der Waals surface area (Å²) >= 11 is 0. The maximum atomic E-state index is 5.56. The van der Waals surface area contributed by atoms with Gasteiger partial charge in [-0.05, 0) is 23.3 Å². The summed E-state index contributed by atoms with van der Waals surface area (Å²) < 4.78 is 21.6. The number of hydrogen-bond acceptors (Lipinski definition) is 7. The molecule has 1 atom stereocenters. The Labute approximate surface area is 212 Å². The highest BCUT2D eigenvalue weighted by Gasteiger charge is 2.24. The van der Waals surface area contributed by atoms with Gasteiger partial charge in [0.25, 0.3) is 0 Å². The largest absolute Gasteiger partial charge is 0.493 e. The van der Waals surface area contributed by atoms with Crippen LogP contribution < -0.4 is 24.8 Å². The maximum absolute atomic E-state index is 5.56. The molecule has 1 unspecified atom stereocenters. The number of pyridine rings is 1. The first kappa shape index (κ1) is 26.9. The van der Waals surface area contributed by atoms with E-state index in [0.717, 1.165) is 54.9 Å². The Kier molecular flexibility index (Phi) is 11.5. The molecule has 0 amide bonds. The van der Waals surface area contributed by atoms with E-state index in [-0.39, 0.29) is 30.0 Å². The Hall–Kier alpha value is -2.31. The Balaban J connectivity index is 0.00000385. The average molecular weight is 571 g/mol. The van der Waals surface area contributed by atoms with E-state index in [0.29, 0.717) is 19.0 Å². The molecule has 0 radical (unpaired) electrons. The molecule has 1 aromatic carbocycles. The van der Waals surface area contributed by atoms with E-state index in [2.05, 4.69) is 31.6 Å². The van der Waals surface area contributed by atoms with E-state index in [4.69, 9.17) is 18.9 Å². The summed E-state index contributed by atoms with van der Waals surface area (Å²) in [5.41, 5.74) is 2.19. The first-order valence-corrected chi connectivity index (χ1v) is 10.7. The van der Waals surface area contributed by atoms with Crippen LogP contribution >= 0.6 is 24.0 Å². The summed E-state index contributed by atoms with van der Waals surface area (Å²) in [4.78, 5) is 11.0. The Bertz CT molecular complexity index is 876. The number of nitrogens with zero attached hydrogens (tertiary/aromatic N) is 3. The molecule has 3 rings (SSSR count). The van der Waals surface area contributed by atoms with Crippen molar-refractivity contribution in [3.63, 3.8) is 0 Å². The molecule has 2 N–H and O–H groups in total. The van der Waals surface area contributed by atoms with Gasteiger partial charge in [0.1, 0.15) is 0 Å². The van der Waals surface area contributed by atoms with Gasteiger partial charge >= 0.3 is 0 Å². The average Bonchev–Trinajstić information content (AvgIpc) is 2.86. The van der Waals surface area contributed by atoms with Crippen molar-refractivity contribution in [1.82, 2.24) is 20.5 Å². The molecule has 1 saturated heterocycles. The minimum Gasteiger partial charge on any atom is -0.493 e. The predicted octanol–water partition coefficient (Wildman–Crippen LogP) is 2.46. The molecule has 10 heteroatoms. The van der Waals surface area contributed by atoms with E-state index in [1.54, 1.807) is 34.6 Å². The number of methoxy groups -OCH3 is 3. The van der Waals surface area contributed by atoms with Gasteiger partial charge in [-0.2, -0.15) is 0 Å². The van der Waals surface area contributed by atoms with Gasteiger partial charge in [0.2, 0.25) is 5.88 Å². The number of benzene rings is 1. The summed E-state index contributed by atoms with van der Waals surface area (Å²) in [6.07, 6.45) is 1.79. The molecule has 1 aliphatic heterocycles. The van der Waals surface area contributed by atoms with Crippen LogP contribution in [0, 0.1) is 0 Å². The fourth-order valence-corrected chi connectivity index (χ4v) is 3.64. The summed E-state index contributed by atoms with van der Waals surface area (Å²) in [7, 11) is 6.67. The van der Waals surface area contributed by atoms with E-state index in [1.807, 2.05) is 24.3 Å². The molecule has 9 nitrogen and oxygen atoms in total. The lowest BCUT2D eigenvalue weighted by atomic mass is 10.0. The zero-order chi connectivity index (χ0) is 22.8. The molecule has 2 aromatic rings. The highest BCUT2D eigenvalue weighted by atomic mass is 127. The lowest BCUT2D eigenvalue weighted by molar-refractivity contribution is 0.0169. The van der Waals surface area contributed by atoms with E-state index < -0.39 is 0 Å². The predicted molar refractivity (Wildman–Crippen MR) is 139 cm³/mol. The molecule has 2 heterocycles. The van der Waals surface area contributed by atoms with Crippen LogP contribution in [0.15, 0.2) is 41.5 Å². The van der Waals surface area contributed by atoms with Crippen LogP contribution in [0.25, 0.3) is 0 Å². The van der Waals surface area contributed by atoms with Gasteiger partial charge in [0, 0.05) is 45.5 Å². The van der Waals surface area contributed by atoms with Gasteiger partial charge < -0.3 is 29.6 Å². The van der Waals surface area contributed by atoms with Gasteiger partial charge in [-0.3, -0.25) is 9.89 Å². The third-order valence-electron chi connectivity index (χ3n) is 5.43. The van der Waals surface area contributed by atoms with Crippen LogP contribution in [-0.2, 0) is 11.3 Å². The van der Waals surface area contributed by atoms with Crippen molar-refractivity contribution >= 4 is 29.9 Å². The van der Waals surface area contributed by atoms with Gasteiger partial charge in [-0.25, -0.2) is 4.98 Å². The number of guanidine groups is 1. The minimum atomic E-state index is 0. The summed E-state index contributed by atoms with van der Waals surface area (Å²) in [5, 5.41) is 6.81. The molecule has 1 aromatic heterocycles. The standard InChI is InChI=1S/C23H33N5O4.HI/c1-24-23(26-15-17-5-8-22(31-4)25-14-17)27-16-19(28-9-11-32-12-10-28)18-6-7-20(29-2)21(13-18)30-3;/h5-8,13-14,19H,9-12,15-16H2,1-4H3,(H2,24,26,27);1H. The van der Waals surface area contributed by atoms with Crippen molar-refractivity contribution in [2.45, 2.75) is 12.6 Å². The smallest absolute Gasteiger partial charge is 0.212 e. The van der Waals surface area contributed by atoms with Gasteiger partial charge in [0.05, 0.1) is 40.6 Å². The monoisotopic (exact) mass is 571 g/mol. The number of rotatable bonds is 9. The Morgan fingerprint density at radius 2 is 1.82 bits per heavy atom. The van der Waals surface area contributed by atoms with E-state index in [1.165, 1.54) is 0 Å². The maximum Gasteiger partial charge on any atom is 0.212 e. The minimum absolute atomic E-state index is 0. The SMILES string of the molecule is CN=C(NCc1ccc(OC)nc1)NCC(c1ccc(OC)c(OC)c1)N1CCOCC1.I. The fourth-order valence-electron chi connectivity index (χ4n) is 3.64. The highest BCUT2D eigenvalue weighted by Crippen LogP contribution is 2.32. The topological polar surface area (TPSA) is 89.5 Å². The van der Waals surface area contributed by atoms with Crippen molar-refractivity contribution in [2.24, 2.45) is 4.99 Å². The molecule has 0 spiro atoms. The lowest BCUT2D eigenvalue weighted by Crippen LogP contribution is -2.46. The van der Waals surface area contributed by atoms with Crippen molar-refractivity contribution in [2.75, 3.05) is 61.2 Å². The number of morpholine rings is 1. The quantitative estimate of drug-likeness (QED) is 0.270. The second-order valence-electron chi connectivity index (χ2n) is 7.29. The molecule has 33 heavy (non-hydrogen) atoms. The molecule has 1 aliphatic rings. The molecular formula is C23H34IN5O4. The van der Waals surface area contributed by atoms with Crippen molar-refractivity contribution in [1.29, 1.82) is 0 Å². The number of aromatic nitrogens is 1. The molecule has 182 valence electrons. The van der Waals surface area contributed by atoms with Crippen molar-refractivity contribution in [3.05, 3.63) is 47.7 Å². The molecular weight excluding hydrogens is 537 g/mol. The van der Waals surface area contributed by atoms with Crippen LogP contribution in [0.4, 0.5) is 0 Å². The first-order valence-electron chi connectivity index (χ1n) is 10.7. The van der Waals surface area contributed by atoms with Crippen LogP contribution in [-0.4, -0.2) is 77.1 Å². The number of halogens is 1. The summed E-state index contributed by atoms with van der Waals surface area (Å²) in [6, 6.07) is 10.0. The molecule has 0 aliphatic carbocycles. The normalized spacial score (nSPS) is 15.2. The zero-order valence-electron chi connectivity index (χ0n) is 19.7. The zero-order valence-corrected chi connectivity index (χ0v) is 22.0. The number of nitrogens with one attached hydrogen (secondary N) is 2. The number of ether oxygens (including phenoxy) is 4. The van der Waals surface area contributed by atoms with Gasteiger partial charge in [0.15, 0.2) is 17.5 Å². The second-order valence-corrected chi connectivity index (χ2v) is 7.29. The Morgan fingerprint density at radius 3 is 2.42 bits per heavy atom. The number of hydrogen-bond donors (Lipinski definition) is 2. The van der Waals surface area contributed by atoms with Gasteiger partial charge in [-0.15, -0.1) is 24.0 Å². The second kappa shape index (κ2) is 14.1. The van der Waals surface area contributed by atoms with Crippen LogP contribution in [0.2, 0.25) is 0 Å². The molecule has 1 fully saturated rings. The number of aliphatic imine (C=N–C) groups is 1. The van der Waals surface area contributed by atoms with Crippen molar-refractivity contribution < 1.29 is 18.9 Å². The third kappa shape index (κ3) is 7.61. The van der Waals surface area contributed by atoms with Crippen molar-refractivity contribution in [3.8, 4) is 17.4 Å².